The molecule has 12 heteroatoms. The molecular weight excluding hydrogens is 372 g/mol. The zero-order chi connectivity index (χ0) is 20.1. The molecule has 1 saturated heterocycles. The summed E-state index contributed by atoms with van der Waals surface area (Å²) in [4.78, 5) is 11.4. The van der Waals surface area contributed by atoms with E-state index < -0.39 is 60.2 Å². The van der Waals surface area contributed by atoms with Crippen molar-refractivity contribution in [3.8, 4) is 0 Å². The second-order valence-corrected chi connectivity index (χ2v) is 5.59. The van der Waals surface area contributed by atoms with Crippen molar-refractivity contribution in [3.63, 3.8) is 0 Å². The zero-order valence-corrected chi connectivity index (χ0v) is 12.9. The number of hydrogen-bond acceptors (Lipinski definition) is 4. The van der Waals surface area contributed by atoms with Gasteiger partial charge < -0.3 is 14.6 Å². The first-order chi connectivity index (χ1) is 11.0. The van der Waals surface area contributed by atoms with Crippen LogP contribution in [-0.2, 0) is 14.3 Å². The maximum Gasteiger partial charge on any atom is 0.449 e. The molecule has 0 aromatic rings. The van der Waals surface area contributed by atoms with Gasteiger partial charge in [0.2, 0.25) is 0 Å². The van der Waals surface area contributed by atoms with E-state index in [2.05, 4.69) is 16.1 Å². The minimum Gasteiger partial charge on any atom is -0.452 e. The summed E-state index contributed by atoms with van der Waals surface area (Å²) in [7, 11) is 0. The smallest absolute Gasteiger partial charge is 0.449 e. The Hall–Kier alpha value is -1.43. The number of carbonyl (C=O) groups is 1. The highest BCUT2D eigenvalue weighted by Gasteiger charge is 2.82. The number of halogens is 8. The quantitative estimate of drug-likeness (QED) is 0.458. The van der Waals surface area contributed by atoms with Crippen LogP contribution in [0.2, 0.25) is 0 Å². The molecule has 1 aliphatic rings. The molecule has 4 nitrogen and oxygen atoms in total. The highest BCUT2D eigenvalue weighted by atomic mass is 19.4. The van der Waals surface area contributed by atoms with Gasteiger partial charge in [-0.3, -0.25) is 0 Å². The normalized spacial score (nSPS) is 33.0. The van der Waals surface area contributed by atoms with Crippen LogP contribution in [0.1, 0.15) is 26.7 Å². The fourth-order valence-electron chi connectivity index (χ4n) is 2.22. The second kappa shape index (κ2) is 6.08. The molecule has 1 heterocycles. The molecule has 0 aromatic carbocycles. The molecule has 0 spiro atoms. The standard InChI is InChI=1S/C13H14F8O4/c1-4-9(12(16,17)18)5-7(24-8(22)6(2)3)10(14,15)11(23,25-9)13(19,20)21/h7,23H,2,4-5H2,1,3H3. The Balaban J connectivity index is 3.55. The summed E-state index contributed by atoms with van der Waals surface area (Å²) in [6.07, 6.45) is -18.2. The lowest BCUT2D eigenvalue weighted by Crippen LogP contribution is -2.75. The lowest BCUT2D eigenvalue weighted by Gasteiger charge is -2.51. The van der Waals surface area contributed by atoms with Crippen LogP contribution in [0.5, 0.6) is 0 Å². The molecule has 146 valence electrons. The van der Waals surface area contributed by atoms with Crippen LogP contribution in [0.4, 0.5) is 35.1 Å². The number of aliphatic hydroxyl groups is 1. The topological polar surface area (TPSA) is 55.8 Å². The van der Waals surface area contributed by atoms with E-state index >= 15 is 0 Å². The van der Waals surface area contributed by atoms with E-state index in [1.165, 1.54) is 0 Å². The first-order valence-corrected chi connectivity index (χ1v) is 6.75. The highest BCUT2D eigenvalue weighted by molar-refractivity contribution is 5.87. The molecule has 1 fully saturated rings. The van der Waals surface area contributed by atoms with Crippen molar-refractivity contribution in [1.29, 1.82) is 0 Å². The van der Waals surface area contributed by atoms with Gasteiger partial charge in [0, 0.05) is 12.0 Å². The van der Waals surface area contributed by atoms with Crippen LogP contribution in [0, 0.1) is 0 Å². The lowest BCUT2D eigenvalue weighted by atomic mass is 9.82. The van der Waals surface area contributed by atoms with Crippen molar-refractivity contribution in [2.75, 3.05) is 0 Å². The van der Waals surface area contributed by atoms with E-state index in [9.17, 15) is 45.0 Å². The van der Waals surface area contributed by atoms with E-state index in [1.807, 2.05) is 0 Å². The second-order valence-electron chi connectivity index (χ2n) is 5.59. The van der Waals surface area contributed by atoms with Crippen molar-refractivity contribution in [2.24, 2.45) is 0 Å². The van der Waals surface area contributed by atoms with Crippen LogP contribution < -0.4 is 0 Å². The van der Waals surface area contributed by atoms with Crippen LogP contribution in [0.25, 0.3) is 0 Å². The van der Waals surface area contributed by atoms with Crippen LogP contribution >= 0.6 is 0 Å². The number of alkyl halides is 8. The van der Waals surface area contributed by atoms with E-state index in [4.69, 9.17) is 0 Å². The van der Waals surface area contributed by atoms with E-state index in [1.54, 1.807) is 0 Å². The minimum atomic E-state index is -6.31. The molecular formula is C13H14F8O4. The Morgan fingerprint density at radius 3 is 2.04 bits per heavy atom. The van der Waals surface area contributed by atoms with Gasteiger partial charge in [-0.25, -0.2) is 4.79 Å². The largest absolute Gasteiger partial charge is 0.452 e. The molecule has 1 aliphatic heterocycles. The monoisotopic (exact) mass is 386 g/mol. The summed E-state index contributed by atoms with van der Waals surface area (Å²) in [5.74, 6) is -12.5. The van der Waals surface area contributed by atoms with Gasteiger partial charge in [-0.05, 0) is 13.3 Å². The van der Waals surface area contributed by atoms with Gasteiger partial charge in [-0.2, -0.15) is 35.1 Å². The predicted octanol–water partition coefficient (Wildman–Crippen LogP) is 3.49. The van der Waals surface area contributed by atoms with Gasteiger partial charge >= 0.3 is 30.0 Å². The Morgan fingerprint density at radius 2 is 1.72 bits per heavy atom. The van der Waals surface area contributed by atoms with Crippen molar-refractivity contribution < 1.29 is 54.5 Å². The summed E-state index contributed by atoms with van der Waals surface area (Å²) in [6, 6.07) is 0. The third kappa shape index (κ3) is 3.33. The summed E-state index contributed by atoms with van der Waals surface area (Å²) >= 11 is 0. The summed E-state index contributed by atoms with van der Waals surface area (Å²) < 4.78 is 115. The summed E-state index contributed by atoms with van der Waals surface area (Å²) in [6.45, 7) is 4.68. The average molecular weight is 386 g/mol. The fourth-order valence-corrected chi connectivity index (χ4v) is 2.22. The van der Waals surface area contributed by atoms with Gasteiger partial charge in [0.1, 0.15) is 0 Å². The summed E-state index contributed by atoms with van der Waals surface area (Å²) in [5.41, 5.74) is -4.34. The molecule has 25 heavy (non-hydrogen) atoms. The predicted molar refractivity (Wildman–Crippen MR) is 65.4 cm³/mol. The van der Waals surface area contributed by atoms with Gasteiger partial charge in [-0.15, -0.1) is 0 Å². The molecule has 1 N–H and O–H groups in total. The van der Waals surface area contributed by atoms with E-state index in [-0.39, 0.29) is 0 Å². The SMILES string of the molecule is C=C(C)C(=O)OC1CC(CC)(C(F)(F)F)OC(O)(C(F)(F)F)C1(F)F. The third-order valence-electron chi connectivity index (χ3n) is 3.78. The van der Waals surface area contributed by atoms with Crippen LogP contribution in [-0.4, -0.2) is 46.8 Å². The van der Waals surface area contributed by atoms with Gasteiger partial charge in [-0.1, -0.05) is 13.5 Å². The van der Waals surface area contributed by atoms with Gasteiger partial charge in [0.05, 0.1) is 0 Å². The van der Waals surface area contributed by atoms with E-state index in [0.717, 1.165) is 13.8 Å². The van der Waals surface area contributed by atoms with Crippen LogP contribution in [0.15, 0.2) is 12.2 Å². The number of hydrogen-bond donors (Lipinski definition) is 1. The minimum absolute atomic E-state index is 0.535. The maximum atomic E-state index is 14.1. The van der Waals surface area contributed by atoms with Gasteiger partial charge in [0.15, 0.2) is 11.7 Å². The number of rotatable bonds is 3. The Bertz CT molecular complexity index is 555. The zero-order valence-electron chi connectivity index (χ0n) is 12.9. The third-order valence-corrected chi connectivity index (χ3v) is 3.78. The first kappa shape index (κ1) is 21.6. The Kier molecular flexibility index (Phi) is 5.25. The number of esters is 1. The molecule has 0 saturated carbocycles. The first-order valence-electron chi connectivity index (χ1n) is 6.75. The van der Waals surface area contributed by atoms with Crippen LogP contribution in [0.3, 0.4) is 0 Å². The molecule has 3 unspecified atom stereocenters. The number of carbonyl (C=O) groups excluding carboxylic acids is 1. The fraction of sp³-hybridized carbons (Fsp3) is 0.769. The molecule has 0 aromatic heterocycles. The molecule has 0 aliphatic carbocycles. The van der Waals surface area contributed by atoms with Crippen molar-refractivity contribution in [2.45, 2.75) is 62.5 Å². The maximum absolute atomic E-state index is 14.1. The molecule has 3 atom stereocenters. The van der Waals surface area contributed by atoms with Crippen molar-refractivity contribution >= 4 is 5.97 Å². The summed E-state index contributed by atoms with van der Waals surface area (Å²) in [5, 5.41) is 9.38. The highest BCUT2D eigenvalue weighted by Crippen LogP contribution is 2.57. The Labute approximate surface area is 136 Å². The molecule has 0 amide bonds. The molecule has 0 bridgehead atoms. The lowest BCUT2D eigenvalue weighted by molar-refractivity contribution is -0.504. The van der Waals surface area contributed by atoms with Gasteiger partial charge in [0.25, 0.3) is 0 Å². The number of ether oxygens (including phenoxy) is 2. The van der Waals surface area contributed by atoms with Crippen molar-refractivity contribution in [1.82, 2.24) is 0 Å². The average Bonchev–Trinajstić information content (AvgIpc) is 2.41. The molecule has 0 radical (unpaired) electrons. The Morgan fingerprint density at radius 1 is 1.24 bits per heavy atom. The van der Waals surface area contributed by atoms with E-state index in [0.29, 0.717) is 0 Å². The van der Waals surface area contributed by atoms with Crippen molar-refractivity contribution in [3.05, 3.63) is 12.2 Å². The molecule has 1 rings (SSSR count).